The minimum Gasteiger partial charge on any atom is -0.480 e. The van der Waals surface area contributed by atoms with Crippen LogP contribution in [0.3, 0.4) is 0 Å². The van der Waals surface area contributed by atoms with Gasteiger partial charge in [-0.05, 0) is 11.6 Å². The Kier molecular flexibility index (Phi) is 4.46. The van der Waals surface area contributed by atoms with Crippen LogP contribution in [0, 0.1) is 0 Å². The number of benzene rings is 1. The van der Waals surface area contributed by atoms with Gasteiger partial charge >= 0.3 is 5.97 Å². The molecule has 1 heterocycles. The number of carboxylic acids is 1. The van der Waals surface area contributed by atoms with Gasteiger partial charge < -0.3 is 10.4 Å². The van der Waals surface area contributed by atoms with E-state index in [2.05, 4.69) is 31.6 Å². The van der Waals surface area contributed by atoms with Crippen molar-refractivity contribution in [1.29, 1.82) is 0 Å². The monoisotopic (exact) mass is 338 g/mol. The second-order valence-electron chi connectivity index (χ2n) is 3.97. The number of carboxylic acid groups (broad SMARTS) is 1. The van der Waals surface area contributed by atoms with E-state index in [1.807, 2.05) is 24.3 Å². The lowest BCUT2D eigenvalue weighted by Gasteiger charge is -2.05. The minimum absolute atomic E-state index is 0.0818. The summed E-state index contributed by atoms with van der Waals surface area (Å²) in [5.41, 5.74) is 1.01. The number of hydrogen-bond donors (Lipinski definition) is 2. The molecular formula is C12H11BrN4O3. The Morgan fingerprint density at radius 2 is 2.10 bits per heavy atom. The molecule has 0 bridgehead atoms. The molecule has 7 nitrogen and oxygen atoms in total. The van der Waals surface area contributed by atoms with Crippen LogP contribution in [-0.4, -0.2) is 32.0 Å². The maximum absolute atomic E-state index is 11.8. The van der Waals surface area contributed by atoms with E-state index < -0.39 is 11.9 Å². The molecule has 104 valence electrons. The van der Waals surface area contributed by atoms with Gasteiger partial charge in [-0.25, -0.2) is 4.68 Å². The molecule has 0 fully saturated rings. The van der Waals surface area contributed by atoms with Crippen molar-refractivity contribution in [2.75, 3.05) is 0 Å². The summed E-state index contributed by atoms with van der Waals surface area (Å²) in [4.78, 5) is 22.3. The molecule has 1 aromatic carbocycles. The maximum Gasteiger partial charge on any atom is 0.325 e. The average Bonchev–Trinajstić information content (AvgIpc) is 2.85. The number of nitrogens with one attached hydrogen (secondary N) is 1. The molecule has 0 spiro atoms. The predicted octanol–water partition coefficient (Wildman–Crippen LogP) is 1.06. The fourth-order valence-corrected chi connectivity index (χ4v) is 1.95. The third kappa shape index (κ3) is 3.64. The molecule has 0 aliphatic heterocycles. The van der Waals surface area contributed by atoms with E-state index >= 15 is 0 Å². The van der Waals surface area contributed by atoms with Gasteiger partial charge in [-0.15, -0.1) is 5.10 Å². The van der Waals surface area contributed by atoms with E-state index in [-0.39, 0.29) is 12.2 Å². The Morgan fingerprint density at radius 3 is 2.80 bits per heavy atom. The van der Waals surface area contributed by atoms with Crippen molar-refractivity contribution in [3.8, 4) is 0 Å². The van der Waals surface area contributed by atoms with E-state index in [0.717, 1.165) is 14.7 Å². The zero-order chi connectivity index (χ0) is 14.5. The van der Waals surface area contributed by atoms with Crippen LogP contribution in [-0.2, 0) is 17.9 Å². The number of carbonyl (C=O) groups excluding carboxylic acids is 1. The first-order chi connectivity index (χ1) is 9.56. The molecule has 0 radical (unpaired) electrons. The topological polar surface area (TPSA) is 97.1 Å². The minimum atomic E-state index is -1.05. The summed E-state index contributed by atoms with van der Waals surface area (Å²) in [5, 5.41) is 18.5. The Labute approximate surface area is 122 Å². The number of aliphatic carboxylic acids is 1. The number of carbonyl (C=O) groups is 2. The van der Waals surface area contributed by atoms with Crippen molar-refractivity contribution < 1.29 is 14.7 Å². The second kappa shape index (κ2) is 6.29. The highest BCUT2D eigenvalue weighted by Gasteiger charge is 2.12. The molecule has 0 unspecified atom stereocenters. The molecule has 0 saturated carbocycles. The van der Waals surface area contributed by atoms with E-state index in [1.54, 1.807) is 0 Å². The van der Waals surface area contributed by atoms with Gasteiger partial charge in [-0.1, -0.05) is 39.3 Å². The summed E-state index contributed by atoms with van der Waals surface area (Å²) in [5.74, 6) is -1.45. The van der Waals surface area contributed by atoms with E-state index in [0.29, 0.717) is 6.54 Å². The Morgan fingerprint density at radius 1 is 1.35 bits per heavy atom. The fraction of sp³-hybridized carbons (Fsp3) is 0.167. The van der Waals surface area contributed by atoms with Crippen LogP contribution in [0.15, 0.2) is 34.9 Å². The number of rotatable bonds is 5. The zero-order valence-corrected chi connectivity index (χ0v) is 11.9. The first-order valence-electron chi connectivity index (χ1n) is 5.70. The highest BCUT2D eigenvalue weighted by atomic mass is 79.9. The highest BCUT2D eigenvalue weighted by Crippen LogP contribution is 2.15. The second-order valence-corrected chi connectivity index (χ2v) is 4.82. The quantitative estimate of drug-likeness (QED) is 0.849. The van der Waals surface area contributed by atoms with Crippen molar-refractivity contribution in [2.24, 2.45) is 0 Å². The van der Waals surface area contributed by atoms with Crippen molar-refractivity contribution in [3.05, 3.63) is 46.2 Å². The van der Waals surface area contributed by atoms with Crippen LogP contribution in [0.5, 0.6) is 0 Å². The number of nitrogens with zero attached hydrogens (tertiary/aromatic N) is 3. The van der Waals surface area contributed by atoms with Gasteiger partial charge in [0.15, 0.2) is 5.69 Å². The first kappa shape index (κ1) is 14.2. The number of halogens is 1. The third-order valence-electron chi connectivity index (χ3n) is 2.47. The fourth-order valence-electron chi connectivity index (χ4n) is 1.53. The lowest BCUT2D eigenvalue weighted by atomic mass is 10.2. The van der Waals surface area contributed by atoms with Crippen molar-refractivity contribution in [2.45, 2.75) is 13.1 Å². The predicted molar refractivity (Wildman–Crippen MR) is 73.0 cm³/mol. The lowest BCUT2D eigenvalue weighted by molar-refractivity contribution is -0.137. The highest BCUT2D eigenvalue weighted by molar-refractivity contribution is 9.10. The molecule has 1 amide bonds. The maximum atomic E-state index is 11.8. The molecule has 0 aliphatic rings. The number of aromatic nitrogens is 3. The SMILES string of the molecule is O=C(O)Cn1cc(C(=O)NCc2ccccc2Br)nn1. The molecule has 2 aromatic rings. The first-order valence-corrected chi connectivity index (χ1v) is 6.49. The van der Waals surface area contributed by atoms with Gasteiger partial charge in [0, 0.05) is 11.0 Å². The summed E-state index contributed by atoms with van der Waals surface area (Å²) < 4.78 is 1.99. The Balaban J connectivity index is 1.97. The van der Waals surface area contributed by atoms with Crippen LogP contribution < -0.4 is 5.32 Å². The third-order valence-corrected chi connectivity index (χ3v) is 3.24. The Bertz CT molecular complexity index is 641. The summed E-state index contributed by atoms with van der Waals surface area (Å²) in [7, 11) is 0. The van der Waals surface area contributed by atoms with Crippen molar-refractivity contribution in [1.82, 2.24) is 20.3 Å². The molecule has 1 aromatic heterocycles. The van der Waals surface area contributed by atoms with E-state index in [4.69, 9.17) is 5.11 Å². The molecule has 0 saturated heterocycles. The van der Waals surface area contributed by atoms with E-state index in [1.165, 1.54) is 6.20 Å². The molecule has 0 aliphatic carbocycles. The van der Waals surface area contributed by atoms with Crippen LogP contribution in [0.2, 0.25) is 0 Å². The molecule has 2 N–H and O–H groups in total. The number of hydrogen-bond acceptors (Lipinski definition) is 4. The smallest absolute Gasteiger partial charge is 0.325 e. The van der Waals surface area contributed by atoms with Gasteiger partial charge in [0.2, 0.25) is 0 Å². The van der Waals surface area contributed by atoms with Crippen molar-refractivity contribution in [3.63, 3.8) is 0 Å². The average molecular weight is 339 g/mol. The van der Waals surface area contributed by atoms with Gasteiger partial charge in [0.05, 0.1) is 6.20 Å². The van der Waals surface area contributed by atoms with Crippen LogP contribution in [0.1, 0.15) is 16.1 Å². The molecule has 20 heavy (non-hydrogen) atoms. The lowest BCUT2D eigenvalue weighted by Crippen LogP contribution is -2.23. The van der Waals surface area contributed by atoms with Crippen molar-refractivity contribution >= 4 is 27.8 Å². The summed E-state index contributed by atoms with van der Waals surface area (Å²) in [6.45, 7) is 0.0105. The molecule has 8 heteroatoms. The zero-order valence-electron chi connectivity index (χ0n) is 10.3. The molecule has 2 rings (SSSR count). The summed E-state index contributed by atoms with van der Waals surface area (Å²) in [6, 6.07) is 7.51. The summed E-state index contributed by atoms with van der Waals surface area (Å²) >= 11 is 3.39. The van der Waals surface area contributed by atoms with E-state index in [9.17, 15) is 9.59 Å². The van der Waals surface area contributed by atoms with Gasteiger partial charge in [0.25, 0.3) is 5.91 Å². The largest absolute Gasteiger partial charge is 0.480 e. The van der Waals surface area contributed by atoms with Crippen LogP contribution in [0.4, 0.5) is 0 Å². The standard InChI is InChI=1S/C12H11BrN4O3/c13-9-4-2-1-3-8(9)5-14-12(20)10-6-17(16-15-10)7-11(18)19/h1-4,6H,5,7H2,(H,14,20)(H,18,19). The van der Waals surface area contributed by atoms with Gasteiger partial charge in [0.1, 0.15) is 6.54 Å². The molecule has 0 atom stereocenters. The van der Waals surface area contributed by atoms with Gasteiger partial charge in [-0.2, -0.15) is 0 Å². The number of amides is 1. The summed E-state index contributed by atoms with van der Waals surface area (Å²) in [6.07, 6.45) is 1.30. The normalized spacial score (nSPS) is 10.2. The van der Waals surface area contributed by atoms with Crippen LogP contribution in [0.25, 0.3) is 0 Å². The van der Waals surface area contributed by atoms with Gasteiger partial charge in [-0.3, -0.25) is 9.59 Å². The molecular weight excluding hydrogens is 328 g/mol. The van der Waals surface area contributed by atoms with Crippen LogP contribution >= 0.6 is 15.9 Å². The Hall–Kier alpha value is -2.22.